The molecule has 1 saturated heterocycles. The van der Waals surface area contributed by atoms with Crippen molar-refractivity contribution in [3.8, 4) is 6.07 Å². The van der Waals surface area contributed by atoms with Gasteiger partial charge in [-0.05, 0) is 24.0 Å². The molecule has 2 aromatic heterocycles. The number of piperidine rings is 1. The minimum Gasteiger partial charge on any atom is -0.454 e. The van der Waals surface area contributed by atoms with E-state index < -0.39 is 11.2 Å². The number of esters is 1. The molecule has 0 N–H and O–H groups in total. The molecule has 0 radical (unpaired) electrons. The van der Waals surface area contributed by atoms with Gasteiger partial charge in [0.25, 0.3) is 11.5 Å². The predicted octanol–water partition coefficient (Wildman–Crippen LogP) is 3.59. The number of carbonyl (C=O) groups excluding carboxylic acids is 2. The summed E-state index contributed by atoms with van der Waals surface area (Å²) in [6.07, 6.45) is 4.22. The SMILES string of the molecule is CSc1c(C#N)c(=O)n2ccccc2c1C(=O)N1CCC(OC(C)=O)(c2ccccc2)CC1. The van der Waals surface area contributed by atoms with E-state index in [0.29, 0.717) is 41.9 Å². The summed E-state index contributed by atoms with van der Waals surface area (Å²) < 4.78 is 7.15. The maximum Gasteiger partial charge on any atom is 0.303 e. The summed E-state index contributed by atoms with van der Waals surface area (Å²) in [4.78, 5) is 40.5. The molecule has 0 spiro atoms. The number of nitrogens with zero attached hydrogens (tertiary/aromatic N) is 3. The van der Waals surface area contributed by atoms with Gasteiger partial charge in [0.1, 0.15) is 17.2 Å². The molecule has 33 heavy (non-hydrogen) atoms. The number of nitriles is 1. The molecule has 1 fully saturated rings. The highest BCUT2D eigenvalue weighted by molar-refractivity contribution is 7.98. The molecule has 4 rings (SSSR count). The first-order valence-corrected chi connectivity index (χ1v) is 11.8. The van der Waals surface area contributed by atoms with E-state index in [1.807, 2.05) is 36.4 Å². The van der Waals surface area contributed by atoms with Crippen molar-refractivity contribution >= 4 is 29.2 Å². The van der Waals surface area contributed by atoms with Crippen molar-refractivity contribution in [3.63, 3.8) is 0 Å². The second kappa shape index (κ2) is 9.12. The molecule has 7 nitrogen and oxygen atoms in total. The fourth-order valence-corrected chi connectivity index (χ4v) is 5.22. The number of hydrogen-bond acceptors (Lipinski definition) is 6. The molecule has 0 saturated carbocycles. The Morgan fingerprint density at radius 3 is 2.36 bits per heavy atom. The van der Waals surface area contributed by atoms with Crippen molar-refractivity contribution in [3.05, 3.63) is 81.8 Å². The Balaban J connectivity index is 1.73. The summed E-state index contributed by atoms with van der Waals surface area (Å²) in [7, 11) is 0. The van der Waals surface area contributed by atoms with E-state index >= 15 is 0 Å². The van der Waals surface area contributed by atoms with Gasteiger partial charge in [-0.2, -0.15) is 5.26 Å². The highest BCUT2D eigenvalue weighted by atomic mass is 32.2. The molecule has 0 unspecified atom stereocenters. The molecule has 8 heteroatoms. The largest absolute Gasteiger partial charge is 0.454 e. The van der Waals surface area contributed by atoms with Gasteiger partial charge in [0.05, 0.1) is 11.1 Å². The number of pyridine rings is 2. The Kier molecular flexibility index (Phi) is 6.25. The van der Waals surface area contributed by atoms with Gasteiger partial charge in [0.15, 0.2) is 0 Å². The molecular formula is C25H23N3O4S. The van der Waals surface area contributed by atoms with Crippen molar-refractivity contribution in [1.82, 2.24) is 9.30 Å². The summed E-state index contributed by atoms with van der Waals surface area (Å²) in [6, 6.07) is 16.7. The minimum absolute atomic E-state index is 0.0369. The van der Waals surface area contributed by atoms with Crippen LogP contribution in [0.1, 0.15) is 41.3 Å². The van der Waals surface area contributed by atoms with E-state index in [9.17, 15) is 19.6 Å². The normalized spacial score (nSPS) is 15.1. The molecule has 3 heterocycles. The molecule has 1 aliphatic rings. The molecule has 1 aromatic carbocycles. The van der Waals surface area contributed by atoms with Crippen molar-refractivity contribution in [2.45, 2.75) is 30.3 Å². The van der Waals surface area contributed by atoms with Crippen LogP contribution in [0.3, 0.4) is 0 Å². The molecule has 168 valence electrons. The fourth-order valence-electron chi connectivity index (χ4n) is 4.49. The maximum atomic E-state index is 13.7. The topological polar surface area (TPSA) is 91.9 Å². The third-order valence-corrected chi connectivity index (χ3v) is 6.85. The van der Waals surface area contributed by atoms with Crippen LogP contribution >= 0.6 is 11.8 Å². The summed E-state index contributed by atoms with van der Waals surface area (Å²) >= 11 is 1.22. The first-order valence-electron chi connectivity index (χ1n) is 10.6. The number of likely N-dealkylation sites (tertiary alicyclic amines) is 1. The Morgan fingerprint density at radius 2 is 1.76 bits per heavy atom. The van der Waals surface area contributed by atoms with E-state index in [0.717, 1.165) is 5.56 Å². The van der Waals surface area contributed by atoms with E-state index in [1.54, 1.807) is 35.6 Å². The van der Waals surface area contributed by atoms with E-state index in [2.05, 4.69) is 0 Å². The molecule has 0 atom stereocenters. The number of fused-ring (bicyclic) bond motifs is 1. The van der Waals surface area contributed by atoms with Gasteiger partial charge in [-0.1, -0.05) is 36.4 Å². The standard InChI is InChI=1S/C25H23N3O4S/c1-17(29)32-25(18-8-4-3-5-9-18)11-14-27(15-12-25)24(31)21-20-10-6-7-13-28(20)23(30)19(16-26)22(21)33-2/h3-10,13H,11-12,14-15H2,1-2H3. The molecule has 1 amide bonds. The molecule has 3 aromatic rings. The van der Waals surface area contributed by atoms with Gasteiger partial charge < -0.3 is 9.64 Å². The van der Waals surface area contributed by atoms with Crippen molar-refractivity contribution in [2.75, 3.05) is 19.3 Å². The lowest BCUT2D eigenvalue weighted by Crippen LogP contribution is -2.47. The van der Waals surface area contributed by atoms with Crippen LogP contribution in [-0.4, -0.2) is 40.5 Å². The zero-order chi connectivity index (χ0) is 23.6. The number of amides is 1. The lowest BCUT2D eigenvalue weighted by molar-refractivity contribution is -0.163. The van der Waals surface area contributed by atoms with Crippen LogP contribution in [0.25, 0.3) is 5.52 Å². The average Bonchev–Trinajstić information content (AvgIpc) is 2.84. The van der Waals surface area contributed by atoms with Gasteiger partial charge in [-0.25, -0.2) is 0 Å². The molecule has 0 aliphatic carbocycles. The van der Waals surface area contributed by atoms with Crippen molar-refractivity contribution < 1.29 is 14.3 Å². The van der Waals surface area contributed by atoms with Crippen LogP contribution in [0.5, 0.6) is 0 Å². The maximum absolute atomic E-state index is 13.7. The van der Waals surface area contributed by atoms with Crippen molar-refractivity contribution in [2.24, 2.45) is 0 Å². The second-order valence-corrected chi connectivity index (χ2v) is 8.72. The Hall–Kier alpha value is -3.57. The van der Waals surface area contributed by atoms with Crippen LogP contribution < -0.4 is 5.56 Å². The van der Waals surface area contributed by atoms with Crippen LogP contribution in [0.4, 0.5) is 0 Å². The van der Waals surface area contributed by atoms with E-state index in [4.69, 9.17) is 4.74 Å². The number of hydrogen-bond donors (Lipinski definition) is 0. The fraction of sp³-hybridized carbons (Fsp3) is 0.280. The number of benzene rings is 1. The highest BCUT2D eigenvalue weighted by Gasteiger charge is 2.41. The Morgan fingerprint density at radius 1 is 1.09 bits per heavy atom. The lowest BCUT2D eigenvalue weighted by Gasteiger charge is -2.41. The van der Waals surface area contributed by atoms with Crippen LogP contribution in [0.15, 0.2) is 64.4 Å². The minimum atomic E-state index is -0.792. The summed E-state index contributed by atoms with van der Waals surface area (Å²) in [5, 5.41) is 9.63. The highest BCUT2D eigenvalue weighted by Crippen LogP contribution is 2.38. The second-order valence-electron chi connectivity index (χ2n) is 7.90. The summed E-state index contributed by atoms with van der Waals surface area (Å²) in [6.45, 7) is 2.13. The number of ether oxygens (including phenoxy) is 1. The number of thioether (sulfide) groups is 1. The number of rotatable bonds is 4. The lowest BCUT2D eigenvalue weighted by atomic mass is 9.84. The zero-order valence-electron chi connectivity index (χ0n) is 18.4. The monoisotopic (exact) mass is 461 g/mol. The molecule has 1 aliphatic heterocycles. The third kappa shape index (κ3) is 4.00. The van der Waals surface area contributed by atoms with E-state index in [-0.39, 0.29) is 17.4 Å². The van der Waals surface area contributed by atoms with Gasteiger partial charge in [-0.15, -0.1) is 11.8 Å². The van der Waals surface area contributed by atoms with E-state index in [1.165, 1.54) is 23.1 Å². The zero-order valence-corrected chi connectivity index (χ0v) is 19.2. The number of carbonyl (C=O) groups is 2. The predicted molar refractivity (Wildman–Crippen MR) is 125 cm³/mol. The molecular weight excluding hydrogens is 438 g/mol. The number of aromatic nitrogens is 1. The van der Waals surface area contributed by atoms with Crippen LogP contribution in [0, 0.1) is 11.3 Å². The van der Waals surface area contributed by atoms with Gasteiger partial charge >= 0.3 is 5.97 Å². The van der Waals surface area contributed by atoms with Gasteiger partial charge in [0.2, 0.25) is 0 Å². The van der Waals surface area contributed by atoms with Gasteiger partial charge in [0, 0.05) is 43.9 Å². The van der Waals surface area contributed by atoms with Crippen LogP contribution in [-0.2, 0) is 15.1 Å². The first-order chi connectivity index (χ1) is 15.9. The Labute approximate surface area is 195 Å². The first kappa shape index (κ1) is 22.6. The van der Waals surface area contributed by atoms with Crippen molar-refractivity contribution in [1.29, 1.82) is 5.26 Å². The summed E-state index contributed by atoms with van der Waals surface area (Å²) in [5.41, 5.74) is 0.450. The summed E-state index contributed by atoms with van der Waals surface area (Å²) in [5.74, 6) is -0.612. The average molecular weight is 462 g/mol. The Bertz CT molecular complexity index is 1320. The molecule has 0 bridgehead atoms. The smallest absolute Gasteiger partial charge is 0.303 e. The van der Waals surface area contributed by atoms with Gasteiger partial charge in [-0.3, -0.25) is 18.8 Å². The quantitative estimate of drug-likeness (QED) is 0.436. The third-order valence-electron chi connectivity index (χ3n) is 6.03. The van der Waals surface area contributed by atoms with Crippen LogP contribution in [0.2, 0.25) is 0 Å².